The first kappa shape index (κ1) is 14.7. The number of nitro groups is 1. The van der Waals surface area contributed by atoms with E-state index in [2.05, 4.69) is 0 Å². The van der Waals surface area contributed by atoms with E-state index in [0.717, 1.165) is 0 Å². The molecule has 18 heavy (non-hydrogen) atoms. The first-order valence-corrected chi connectivity index (χ1v) is 7.31. The van der Waals surface area contributed by atoms with Crippen LogP contribution in [0, 0.1) is 10.1 Å². The van der Waals surface area contributed by atoms with Crippen LogP contribution in [-0.2, 0) is 9.84 Å². The van der Waals surface area contributed by atoms with Crippen molar-refractivity contribution < 1.29 is 18.1 Å². The van der Waals surface area contributed by atoms with Crippen LogP contribution in [0.25, 0.3) is 0 Å². The number of nitro benzene ring substituents is 1. The molecule has 0 spiro atoms. The van der Waals surface area contributed by atoms with E-state index in [-0.39, 0.29) is 28.9 Å². The maximum atomic E-state index is 11.9. The molecule has 1 aromatic rings. The summed E-state index contributed by atoms with van der Waals surface area (Å²) in [5.74, 6) is -0.540. The molecule has 0 unspecified atom stereocenters. The number of hydrogen-bond donors (Lipinski definition) is 0. The zero-order chi connectivity index (χ0) is 13.8. The Balaban J connectivity index is 3.45. The highest BCUT2D eigenvalue weighted by Gasteiger charge is 2.29. The molecule has 0 aromatic heterocycles. The van der Waals surface area contributed by atoms with Crippen molar-refractivity contribution in [3.8, 4) is 5.75 Å². The molecular formula is C10H12ClNO5S. The average molecular weight is 294 g/mol. The minimum absolute atomic E-state index is 0.0573. The summed E-state index contributed by atoms with van der Waals surface area (Å²) >= 11 is 5.39. The molecule has 0 saturated carbocycles. The Morgan fingerprint density at radius 3 is 2.61 bits per heavy atom. The summed E-state index contributed by atoms with van der Waals surface area (Å²) in [5.41, 5.74) is -0.538. The Labute approximate surface area is 110 Å². The third kappa shape index (κ3) is 3.11. The summed E-state index contributed by atoms with van der Waals surface area (Å²) in [4.78, 5) is 9.88. The zero-order valence-electron chi connectivity index (χ0n) is 9.63. The van der Waals surface area contributed by atoms with Crippen LogP contribution in [0.1, 0.15) is 6.92 Å². The van der Waals surface area contributed by atoms with Crippen molar-refractivity contribution in [3.05, 3.63) is 28.3 Å². The molecule has 0 aliphatic rings. The summed E-state index contributed by atoms with van der Waals surface area (Å²) in [5, 5.41) is 11.0. The fourth-order valence-electron chi connectivity index (χ4n) is 1.42. The lowest BCUT2D eigenvalue weighted by Gasteiger charge is -2.08. The van der Waals surface area contributed by atoms with Gasteiger partial charge in [-0.05, 0) is 19.1 Å². The molecule has 0 fully saturated rings. The Morgan fingerprint density at radius 2 is 2.11 bits per heavy atom. The topological polar surface area (TPSA) is 86.5 Å². The molecule has 1 aromatic carbocycles. The largest absolute Gasteiger partial charge is 0.487 e. The first-order valence-electron chi connectivity index (χ1n) is 5.13. The van der Waals surface area contributed by atoms with Gasteiger partial charge in [-0.3, -0.25) is 10.1 Å². The number of nitrogens with zero attached hydrogens (tertiary/aromatic N) is 1. The number of para-hydroxylation sites is 1. The molecule has 0 heterocycles. The van der Waals surface area contributed by atoms with E-state index in [1.807, 2.05) is 0 Å². The standard InChI is InChI=1S/C10H12ClNO5S/c1-2-17-8-4-3-5-9(10(8)12(13)14)18(15,16)7-6-11/h3-5H,2,6-7H2,1H3. The van der Waals surface area contributed by atoms with Crippen LogP contribution < -0.4 is 4.74 Å². The van der Waals surface area contributed by atoms with Crippen molar-refractivity contribution in [2.75, 3.05) is 18.2 Å². The van der Waals surface area contributed by atoms with Crippen molar-refractivity contribution in [3.63, 3.8) is 0 Å². The maximum Gasteiger partial charge on any atom is 0.329 e. The molecule has 0 aliphatic heterocycles. The van der Waals surface area contributed by atoms with Gasteiger partial charge in [0.05, 0.1) is 17.3 Å². The zero-order valence-corrected chi connectivity index (χ0v) is 11.2. The Morgan fingerprint density at radius 1 is 1.44 bits per heavy atom. The minimum Gasteiger partial charge on any atom is -0.487 e. The number of hydrogen-bond acceptors (Lipinski definition) is 5. The molecule has 6 nitrogen and oxygen atoms in total. The van der Waals surface area contributed by atoms with Crippen LogP contribution in [0.5, 0.6) is 5.75 Å². The molecular weight excluding hydrogens is 282 g/mol. The van der Waals surface area contributed by atoms with Crippen molar-refractivity contribution in [2.24, 2.45) is 0 Å². The molecule has 0 radical (unpaired) electrons. The smallest absolute Gasteiger partial charge is 0.329 e. The normalized spacial score (nSPS) is 11.2. The van der Waals surface area contributed by atoms with Gasteiger partial charge in [-0.25, -0.2) is 8.42 Å². The Kier molecular flexibility index (Phi) is 4.92. The minimum atomic E-state index is -3.78. The quantitative estimate of drug-likeness (QED) is 0.455. The van der Waals surface area contributed by atoms with Crippen LogP contribution in [0.15, 0.2) is 23.1 Å². The van der Waals surface area contributed by atoms with Gasteiger partial charge in [0.25, 0.3) is 0 Å². The predicted molar refractivity (Wildman–Crippen MR) is 67.0 cm³/mol. The molecule has 0 N–H and O–H groups in total. The number of benzene rings is 1. The molecule has 8 heteroatoms. The van der Waals surface area contributed by atoms with Crippen LogP contribution in [0.2, 0.25) is 0 Å². The molecule has 100 valence electrons. The van der Waals surface area contributed by atoms with E-state index in [4.69, 9.17) is 16.3 Å². The van der Waals surface area contributed by atoms with Gasteiger partial charge in [0.2, 0.25) is 0 Å². The van der Waals surface area contributed by atoms with Gasteiger partial charge in [-0.1, -0.05) is 6.07 Å². The molecule has 0 aliphatic carbocycles. The van der Waals surface area contributed by atoms with Gasteiger partial charge in [0, 0.05) is 5.88 Å². The van der Waals surface area contributed by atoms with Gasteiger partial charge in [0.15, 0.2) is 15.6 Å². The third-order valence-electron chi connectivity index (χ3n) is 2.13. The molecule has 1 rings (SSSR count). The Bertz CT molecular complexity index is 543. The van der Waals surface area contributed by atoms with Gasteiger partial charge in [0.1, 0.15) is 4.90 Å². The van der Waals surface area contributed by atoms with Crippen LogP contribution in [0.4, 0.5) is 5.69 Å². The summed E-state index contributed by atoms with van der Waals surface area (Å²) in [6.45, 7) is 1.86. The van der Waals surface area contributed by atoms with Crippen molar-refractivity contribution in [1.82, 2.24) is 0 Å². The second kappa shape index (κ2) is 6.01. The van der Waals surface area contributed by atoms with E-state index in [0.29, 0.717) is 0 Å². The fraction of sp³-hybridized carbons (Fsp3) is 0.400. The monoisotopic (exact) mass is 293 g/mol. The lowest BCUT2D eigenvalue weighted by molar-refractivity contribution is -0.388. The second-order valence-corrected chi connectivity index (χ2v) is 5.76. The van der Waals surface area contributed by atoms with Gasteiger partial charge >= 0.3 is 5.69 Å². The predicted octanol–water partition coefficient (Wildman–Crippen LogP) is 2.01. The summed E-state index contributed by atoms with van der Waals surface area (Å²) < 4.78 is 28.8. The number of alkyl halides is 1. The van der Waals surface area contributed by atoms with Crippen molar-refractivity contribution in [2.45, 2.75) is 11.8 Å². The highest BCUT2D eigenvalue weighted by atomic mass is 35.5. The van der Waals surface area contributed by atoms with Crippen LogP contribution in [0.3, 0.4) is 0 Å². The number of rotatable bonds is 6. The van der Waals surface area contributed by atoms with Crippen LogP contribution >= 0.6 is 11.6 Å². The highest BCUT2D eigenvalue weighted by Crippen LogP contribution is 2.34. The van der Waals surface area contributed by atoms with E-state index < -0.39 is 20.4 Å². The van der Waals surface area contributed by atoms with Crippen LogP contribution in [-0.4, -0.2) is 31.6 Å². The lowest BCUT2D eigenvalue weighted by Crippen LogP contribution is -2.11. The number of halogens is 1. The fourth-order valence-corrected chi connectivity index (χ4v) is 3.20. The maximum absolute atomic E-state index is 11.9. The second-order valence-electron chi connectivity index (χ2n) is 3.30. The molecule has 0 amide bonds. The number of sulfone groups is 1. The molecule has 0 saturated heterocycles. The third-order valence-corrected chi connectivity index (χ3v) is 4.28. The van der Waals surface area contributed by atoms with E-state index in [1.54, 1.807) is 6.92 Å². The van der Waals surface area contributed by atoms with Crippen molar-refractivity contribution in [1.29, 1.82) is 0 Å². The molecule has 0 atom stereocenters. The van der Waals surface area contributed by atoms with Crippen molar-refractivity contribution >= 4 is 27.1 Å². The summed E-state index contributed by atoms with van der Waals surface area (Å²) in [6, 6.07) is 3.95. The summed E-state index contributed by atoms with van der Waals surface area (Å²) in [7, 11) is -3.78. The number of ether oxygens (including phenoxy) is 1. The first-order chi connectivity index (χ1) is 8.44. The van der Waals surface area contributed by atoms with Gasteiger partial charge in [-0.2, -0.15) is 0 Å². The lowest BCUT2D eigenvalue weighted by atomic mass is 10.3. The summed E-state index contributed by atoms with van der Waals surface area (Å²) in [6.07, 6.45) is 0. The Hall–Kier alpha value is -1.34. The molecule has 0 bridgehead atoms. The van der Waals surface area contributed by atoms with E-state index >= 15 is 0 Å². The van der Waals surface area contributed by atoms with E-state index in [1.165, 1.54) is 18.2 Å². The van der Waals surface area contributed by atoms with Gasteiger partial charge < -0.3 is 4.74 Å². The SMILES string of the molecule is CCOc1cccc(S(=O)(=O)CCCl)c1[N+](=O)[O-]. The van der Waals surface area contributed by atoms with Gasteiger partial charge in [-0.15, -0.1) is 11.6 Å². The average Bonchev–Trinajstić information content (AvgIpc) is 2.28. The highest BCUT2D eigenvalue weighted by molar-refractivity contribution is 7.91. The van der Waals surface area contributed by atoms with E-state index in [9.17, 15) is 18.5 Å².